The molecule has 0 aromatic heterocycles. The Bertz CT molecular complexity index is 892. The van der Waals surface area contributed by atoms with Crippen molar-refractivity contribution < 1.29 is 22.7 Å². The Morgan fingerprint density at radius 2 is 1.59 bits per heavy atom. The maximum Gasteiger partial charge on any atom is 0.248 e. The average Bonchev–Trinajstić information content (AvgIpc) is 2.71. The predicted octanol–water partition coefficient (Wildman–Crippen LogP) is 6.25. The van der Waals surface area contributed by atoms with Gasteiger partial charge in [-0.2, -0.15) is 0 Å². The van der Waals surface area contributed by atoms with Crippen molar-refractivity contribution in [2.24, 2.45) is 0 Å². The van der Waals surface area contributed by atoms with Crippen molar-refractivity contribution in [1.82, 2.24) is 5.32 Å². The topological polar surface area (TPSA) is 32.3 Å². The first-order valence-electron chi connectivity index (χ1n) is 11.3. The molecule has 1 unspecified atom stereocenters. The molecule has 1 fully saturated rings. The predicted molar refractivity (Wildman–Crippen MR) is 119 cm³/mol. The number of rotatable bonds is 7. The van der Waals surface area contributed by atoms with Crippen LogP contribution in [0.4, 0.5) is 17.6 Å². The third-order valence-corrected chi connectivity index (χ3v) is 6.48. The van der Waals surface area contributed by atoms with Crippen molar-refractivity contribution in [2.45, 2.75) is 82.3 Å². The molecule has 0 heterocycles. The largest absolute Gasteiger partial charge is 0.392 e. The molecule has 0 bridgehead atoms. The molecule has 0 aliphatic heterocycles. The summed E-state index contributed by atoms with van der Waals surface area (Å²) in [5.74, 6) is -3.96. The molecule has 1 saturated carbocycles. The van der Waals surface area contributed by atoms with Crippen LogP contribution in [0.2, 0.25) is 0 Å². The highest BCUT2D eigenvalue weighted by Gasteiger charge is 2.44. The van der Waals surface area contributed by atoms with Crippen molar-refractivity contribution in [2.75, 3.05) is 6.54 Å². The zero-order valence-corrected chi connectivity index (χ0v) is 19.0. The van der Waals surface area contributed by atoms with Gasteiger partial charge in [0.15, 0.2) is 0 Å². The van der Waals surface area contributed by atoms with E-state index in [1.54, 1.807) is 0 Å². The fraction of sp³-hybridized carbons (Fsp3) is 0.538. The van der Waals surface area contributed by atoms with E-state index in [2.05, 4.69) is 32.2 Å². The van der Waals surface area contributed by atoms with Gasteiger partial charge in [0.2, 0.25) is 5.92 Å². The zero-order chi connectivity index (χ0) is 23.6. The van der Waals surface area contributed by atoms with Crippen molar-refractivity contribution in [3.63, 3.8) is 0 Å². The van der Waals surface area contributed by atoms with Gasteiger partial charge in [-0.15, -0.1) is 0 Å². The van der Waals surface area contributed by atoms with E-state index in [0.29, 0.717) is 18.4 Å². The zero-order valence-electron chi connectivity index (χ0n) is 19.0. The van der Waals surface area contributed by atoms with Crippen LogP contribution in [-0.4, -0.2) is 23.7 Å². The minimum Gasteiger partial charge on any atom is -0.392 e. The summed E-state index contributed by atoms with van der Waals surface area (Å²) in [4.78, 5) is 0. The summed E-state index contributed by atoms with van der Waals surface area (Å²) in [6.07, 6.45) is -0.0139. The molecule has 176 valence electrons. The van der Waals surface area contributed by atoms with Gasteiger partial charge in [-0.25, -0.2) is 17.6 Å². The lowest BCUT2D eigenvalue weighted by Gasteiger charge is -2.42. The summed E-state index contributed by atoms with van der Waals surface area (Å²) in [7, 11) is 0. The number of alkyl halides is 2. The van der Waals surface area contributed by atoms with Crippen molar-refractivity contribution in [3.8, 4) is 0 Å². The van der Waals surface area contributed by atoms with Gasteiger partial charge in [-0.1, -0.05) is 45.0 Å². The van der Waals surface area contributed by atoms with Gasteiger partial charge in [-0.3, -0.25) is 0 Å². The lowest BCUT2D eigenvalue weighted by atomic mass is 9.73. The molecule has 0 amide bonds. The number of halogens is 4. The molecule has 6 heteroatoms. The number of aliphatic hydroxyl groups is 1. The van der Waals surface area contributed by atoms with Gasteiger partial charge in [-0.05, 0) is 59.9 Å². The van der Waals surface area contributed by atoms with E-state index < -0.39 is 29.2 Å². The van der Waals surface area contributed by atoms with Crippen LogP contribution in [0, 0.1) is 11.6 Å². The van der Waals surface area contributed by atoms with Gasteiger partial charge >= 0.3 is 0 Å². The summed E-state index contributed by atoms with van der Waals surface area (Å²) in [5, 5.41) is 13.9. The first kappa shape index (κ1) is 24.7. The number of aryl methyl sites for hydroxylation is 1. The van der Waals surface area contributed by atoms with Crippen molar-refractivity contribution in [1.29, 1.82) is 0 Å². The van der Waals surface area contributed by atoms with Crippen LogP contribution in [0.5, 0.6) is 0 Å². The highest BCUT2D eigenvalue weighted by molar-refractivity contribution is 5.34. The molecular weight excluding hydrogens is 418 g/mol. The van der Waals surface area contributed by atoms with E-state index in [9.17, 15) is 22.7 Å². The molecule has 0 saturated heterocycles. The summed E-state index contributed by atoms with van der Waals surface area (Å²) in [6, 6.07) is 11.4. The second kappa shape index (κ2) is 9.52. The Morgan fingerprint density at radius 3 is 2.19 bits per heavy atom. The molecule has 1 atom stereocenters. The number of nitrogens with one attached hydrogen (secondary N) is 1. The molecule has 2 aromatic carbocycles. The van der Waals surface area contributed by atoms with Crippen molar-refractivity contribution >= 4 is 0 Å². The Morgan fingerprint density at radius 1 is 0.969 bits per heavy atom. The van der Waals surface area contributed by atoms with Crippen LogP contribution in [0.25, 0.3) is 0 Å². The lowest BCUT2D eigenvalue weighted by Crippen LogP contribution is -2.50. The van der Waals surface area contributed by atoms with E-state index in [0.717, 1.165) is 17.2 Å². The van der Waals surface area contributed by atoms with Crippen LogP contribution in [0.3, 0.4) is 0 Å². The van der Waals surface area contributed by atoms with Gasteiger partial charge in [0, 0.05) is 31.0 Å². The van der Waals surface area contributed by atoms with E-state index in [4.69, 9.17) is 0 Å². The summed E-state index contributed by atoms with van der Waals surface area (Å²) >= 11 is 0. The van der Waals surface area contributed by atoms with Crippen LogP contribution in [-0.2, 0) is 17.4 Å². The van der Waals surface area contributed by atoms with Crippen LogP contribution >= 0.6 is 0 Å². The monoisotopic (exact) mass is 451 g/mol. The van der Waals surface area contributed by atoms with Crippen LogP contribution in [0.1, 0.15) is 69.6 Å². The van der Waals surface area contributed by atoms with Crippen LogP contribution in [0.15, 0.2) is 42.5 Å². The molecule has 0 radical (unpaired) electrons. The number of benzene rings is 2. The smallest absolute Gasteiger partial charge is 0.248 e. The van der Waals surface area contributed by atoms with Gasteiger partial charge in [0.25, 0.3) is 0 Å². The van der Waals surface area contributed by atoms with Crippen LogP contribution < -0.4 is 5.32 Å². The second-order valence-corrected chi connectivity index (χ2v) is 10.1. The summed E-state index contributed by atoms with van der Waals surface area (Å²) in [6.45, 7) is 6.55. The highest BCUT2D eigenvalue weighted by atomic mass is 19.3. The molecule has 32 heavy (non-hydrogen) atoms. The first-order valence-corrected chi connectivity index (χ1v) is 11.3. The van der Waals surface area contributed by atoms with Gasteiger partial charge in [0.1, 0.15) is 11.6 Å². The minimum absolute atomic E-state index is 0.0739. The van der Waals surface area contributed by atoms with Crippen molar-refractivity contribution in [3.05, 3.63) is 70.8 Å². The number of aliphatic hydroxyl groups excluding tert-OH is 1. The Labute approximate surface area is 188 Å². The van der Waals surface area contributed by atoms with E-state index in [1.165, 1.54) is 12.1 Å². The summed E-state index contributed by atoms with van der Waals surface area (Å²) < 4.78 is 54.7. The summed E-state index contributed by atoms with van der Waals surface area (Å²) in [5.41, 5.74) is 1.85. The third kappa shape index (κ3) is 6.32. The maximum absolute atomic E-state index is 14.0. The van der Waals surface area contributed by atoms with E-state index >= 15 is 0 Å². The maximum atomic E-state index is 14.0. The average molecular weight is 452 g/mol. The highest BCUT2D eigenvalue weighted by Crippen LogP contribution is 2.44. The third-order valence-electron chi connectivity index (χ3n) is 6.48. The molecule has 2 N–H and O–H groups in total. The second-order valence-electron chi connectivity index (χ2n) is 10.1. The van der Waals surface area contributed by atoms with Gasteiger partial charge in [0.05, 0.1) is 6.10 Å². The molecule has 2 nitrogen and oxygen atoms in total. The fourth-order valence-corrected chi connectivity index (χ4v) is 4.40. The van der Waals surface area contributed by atoms with E-state index in [1.807, 2.05) is 18.2 Å². The Kier molecular flexibility index (Phi) is 7.35. The normalized spacial score (nSPS) is 19.0. The van der Waals surface area contributed by atoms with Gasteiger partial charge < -0.3 is 10.4 Å². The molecular formula is C26H33F4NO. The quantitative estimate of drug-likeness (QED) is 0.488. The molecule has 1 aliphatic carbocycles. The SMILES string of the molecule is CC(C)(C)c1cccc(C2(NCC(O)CCc3cc(F)cc(F)c3)CCC(F)(F)CC2)c1. The fourth-order valence-electron chi connectivity index (χ4n) is 4.40. The number of hydrogen-bond donors (Lipinski definition) is 2. The molecule has 3 rings (SSSR count). The number of hydrogen-bond acceptors (Lipinski definition) is 2. The molecule has 2 aromatic rings. The van der Waals surface area contributed by atoms with E-state index in [-0.39, 0.29) is 37.6 Å². The first-order chi connectivity index (χ1) is 14.9. The molecule has 1 aliphatic rings. The Hall–Kier alpha value is -1.92. The molecule has 0 spiro atoms. The minimum atomic E-state index is -2.67. The Balaban J connectivity index is 1.72. The standard InChI is InChI=1S/C26H33F4NO/c1-24(2,3)19-5-4-6-20(15-19)25(9-11-26(29,30)12-10-25)31-17-23(32)8-7-18-13-21(27)16-22(28)14-18/h4-6,13-16,23,31-32H,7-12,17H2,1-3H3. The lowest BCUT2D eigenvalue weighted by molar-refractivity contribution is -0.0583.